The minimum atomic E-state index is 0.137. The van der Waals surface area contributed by atoms with Crippen LogP contribution in [-0.2, 0) is 17.7 Å². The van der Waals surface area contributed by atoms with Gasteiger partial charge in [-0.1, -0.05) is 65.7 Å². The van der Waals surface area contributed by atoms with E-state index in [1.165, 1.54) is 11.1 Å². The molecule has 3 aromatic rings. The Hall–Kier alpha value is -2.63. The smallest absolute Gasteiger partial charge is 0.211 e. The lowest BCUT2D eigenvalue weighted by Gasteiger charge is -2.28. The number of halogens is 2. The van der Waals surface area contributed by atoms with Crippen LogP contribution in [0.25, 0.3) is 5.70 Å². The molecule has 3 N–H and O–H groups in total. The van der Waals surface area contributed by atoms with Gasteiger partial charge in [0.15, 0.2) is 0 Å². The van der Waals surface area contributed by atoms with E-state index >= 15 is 0 Å². The average Bonchev–Trinajstić information content (AvgIpc) is 2.81. The number of hydrogen-bond acceptors (Lipinski definition) is 3. The molecule has 0 fully saturated rings. The lowest BCUT2D eigenvalue weighted by atomic mass is 10.0. The van der Waals surface area contributed by atoms with Gasteiger partial charge < -0.3 is 4.74 Å². The highest BCUT2D eigenvalue weighted by atomic mass is 35.5. The van der Waals surface area contributed by atoms with E-state index < -0.39 is 0 Å². The molecule has 1 aliphatic heterocycles. The second kappa shape index (κ2) is 10.8. The number of nitrogens with two attached hydrogens (primary N) is 1. The Kier molecular flexibility index (Phi) is 7.61. The third kappa shape index (κ3) is 5.99. The number of nitrogens with one attached hydrogen (secondary N) is 1. The molecule has 32 heavy (non-hydrogen) atoms. The normalized spacial score (nSPS) is 14.1. The van der Waals surface area contributed by atoms with Crippen LogP contribution in [0.5, 0.6) is 0 Å². The van der Waals surface area contributed by atoms with Crippen molar-refractivity contribution in [2.45, 2.75) is 13.0 Å². The summed E-state index contributed by atoms with van der Waals surface area (Å²) in [4.78, 5) is 2.37. The summed E-state index contributed by atoms with van der Waals surface area (Å²) in [5.41, 5.74) is 5.61. The molecule has 6 heteroatoms. The van der Waals surface area contributed by atoms with Gasteiger partial charge in [0.05, 0.1) is 16.1 Å². The molecule has 0 unspecified atom stereocenters. The molecule has 0 aromatic heterocycles. The molecule has 0 saturated heterocycles. The minimum absolute atomic E-state index is 0.137. The number of rotatable bonds is 7. The van der Waals surface area contributed by atoms with Gasteiger partial charge in [0, 0.05) is 37.3 Å². The van der Waals surface area contributed by atoms with Crippen LogP contribution in [0.3, 0.4) is 0 Å². The number of benzene rings is 3. The Bertz CT molecular complexity index is 1120. The highest BCUT2D eigenvalue weighted by Gasteiger charge is 2.16. The fourth-order valence-electron chi connectivity index (χ4n) is 3.83. The molecule has 0 aliphatic carbocycles. The van der Waals surface area contributed by atoms with E-state index in [1.807, 2.05) is 47.8 Å². The first-order chi connectivity index (χ1) is 15.6. The third-order valence-electron chi connectivity index (χ3n) is 5.53. The lowest BCUT2D eigenvalue weighted by molar-refractivity contribution is -0.469. The molecule has 4 nitrogen and oxygen atoms in total. The van der Waals surface area contributed by atoms with Gasteiger partial charge in [-0.05, 0) is 35.7 Å². The molecule has 0 amide bonds. The van der Waals surface area contributed by atoms with Crippen molar-refractivity contribution < 1.29 is 10.1 Å². The zero-order chi connectivity index (χ0) is 22.3. The number of fused-ring (bicyclic) bond motifs is 1. The van der Waals surface area contributed by atoms with Gasteiger partial charge >= 0.3 is 0 Å². The van der Waals surface area contributed by atoms with Crippen LogP contribution < -0.4 is 5.32 Å². The summed E-state index contributed by atoms with van der Waals surface area (Å²) in [6.07, 6.45) is 2.81. The zero-order valence-electron chi connectivity index (χ0n) is 17.7. The van der Waals surface area contributed by atoms with Crippen LogP contribution in [0.2, 0.25) is 10.0 Å². The molecule has 0 spiro atoms. The number of nitrogens with zero attached hydrogens (tertiary/aromatic N) is 1. The Morgan fingerprint density at radius 1 is 0.969 bits per heavy atom. The second-order valence-corrected chi connectivity index (χ2v) is 8.61. The van der Waals surface area contributed by atoms with Crippen LogP contribution in [0.1, 0.15) is 16.7 Å². The molecule has 1 heterocycles. The molecule has 0 atom stereocenters. The molecular weight excluding hydrogens is 441 g/mol. The fourth-order valence-corrected chi connectivity index (χ4v) is 4.14. The maximum Gasteiger partial charge on any atom is 0.211 e. The topological polar surface area (TPSA) is 52.9 Å². The van der Waals surface area contributed by atoms with Gasteiger partial charge in [0.1, 0.15) is 18.0 Å². The fraction of sp³-hybridized carbons (Fsp3) is 0.192. The maximum absolute atomic E-state index is 8.36. The number of hydrogen-bond donors (Lipinski definition) is 2. The van der Waals surface area contributed by atoms with Gasteiger partial charge in [0.25, 0.3) is 0 Å². The Balaban J connectivity index is 1.39. The highest BCUT2D eigenvalue weighted by molar-refractivity contribution is 6.42. The van der Waals surface area contributed by atoms with Crippen LogP contribution in [0.15, 0.2) is 78.9 Å². The standard InChI is InChI=1S/C26H25Cl2N3O/c27-23-11-10-22(16-24(23)28)30-25(20-7-2-1-3-8-20)17-26(29)32-15-14-31-13-12-19-6-4-5-9-21(19)18-31/h1-11,16-17,29-30H,12-15,18H2/p+1/b25-17-,29-26?. The molecule has 164 valence electrons. The summed E-state index contributed by atoms with van der Waals surface area (Å²) < 4.78 is 5.76. The summed E-state index contributed by atoms with van der Waals surface area (Å²) in [5, 5.41) is 11.4. The van der Waals surface area contributed by atoms with Crippen LogP contribution in [-0.4, -0.2) is 30.5 Å². The second-order valence-electron chi connectivity index (χ2n) is 7.79. The lowest BCUT2D eigenvalue weighted by Crippen LogP contribution is -2.74. The first kappa shape index (κ1) is 22.6. The Labute approximate surface area is 198 Å². The van der Waals surface area contributed by atoms with E-state index in [0.717, 1.165) is 43.0 Å². The van der Waals surface area contributed by atoms with Crippen molar-refractivity contribution in [2.24, 2.45) is 0 Å². The minimum Gasteiger partial charge on any atom is -0.477 e. The van der Waals surface area contributed by atoms with Crippen molar-refractivity contribution >= 4 is 40.5 Å². The van der Waals surface area contributed by atoms with Crippen molar-refractivity contribution in [3.63, 3.8) is 0 Å². The molecule has 0 bridgehead atoms. The van der Waals surface area contributed by atoms with Gasteiger partial charge in [-0.3, -0.25) is 15.6 Å². The Morgan fingerprint density at radius 3 is 2.50 bits per heavy atom. The van der Waals surface area contributed by atoms with Crippen molar-refractivity contribution in [2.75, 3.05) is 19.7 Å². The van der Waals surface area contributed by atoms with E-state index in [-0.39, 0.29) is 5.90 Å². The first-order valence-corrected chi connectivity index (χ1v) is 11.4. The van der Waals surface area contributed by atoms with E-state index in [9.17, 15) is 0 Å². The average molecular weight is 467 g/mol. The van der Waals surface area contributed by atoms with Gasteiger partial charge in [0.2, 0.25) is 5.90 Å². The summed E-state index contributed by atoms with van der Waals surface area (Å²) >= 11 is 12.2. The number of quaternary nitrogens is 1. The molecule has 0 radical (unpaired) electrons. The quantitative estimate of drug-likeness (QED) is 0.282. The van der Waals surface area contributed by atoms with Crippen LogP contribution >= 0.6 is 23.2 Å². The molecule has 3 aromatic carbocycles. The van der Waals surface area contributed by atoms with Crippen molar-refractivity contribution in [1.82, 2.24) is 4.90 Å². The largest absolute Gasteiger partial charge is 0.477 e. The van der Waals surface area contributed by atoms with E-state index in [2.05, 4.69) is 29.2 Å². The maximum atomic E-state index is 8.36. The molecule has 0 saturated carbocycles. The van der Waals surface area contributed by atoms with Crippen molar-refractivity contribution in [1.29, 1.82) is 5.41 Å². The summed E-state index contributed by atoms with van der Waals surface area (Å²) in [5.74, 6) is 0.137. The zero-order valence-corrected chi connectivity index (χ0v) is 19.2. The summed E-state index contributed by atoms with van der Waals surface area (Å²) in [6, 6.07) is 24.0. The first-order valence-electron chi connectivity index (χ1n) is 10.7. The van der Waals surface area contributed by atoms with E-state index in [0.29, 0.717) is 16.7 Å². The van der Waals surface area contributed by atoms with Gasteiger partial charge in [-0.15, -0.1) is 0 Å². The van der Waals surface area contributed by atoms with E-state index in [1.54, 1.807) is 12.1 Å². The molecular formula is C26H26Cl2N3O+. The predicted molar refractivity (Wildman–Crippen MR) is 132 cm³/mol. The van der Waals surface area contributed by atoms with Crippen molar-refractivity contribution in [3.8, 4) is 0 Å². The van der Waals surface area contributed by atoms with Crippen LogP contribution in [0, 0.1) is 5.41 Å². The Morgan fingerprint density at radius 2 is 1.72 bits per heavy atom. The van der Waals surface area contributed by atoms with Gasteiger partial charge in [-0.25, -0.2) is 0 Å². The van der Waals surface area contributed by atoms with E-state index in [4.69, 9.17) is 33.3 Å². The summed E-state index contributed by atoms with van der Waals surface area (Å²) in [6.45, 7) is 3.22. The predicted octanol–water partition coefficient (Wildman–Crippen LogP) is 5.28. The number of ether oxygens (including phenoxy) is 1. The van der Waals surface area contributed by atoms with Gasteiger partial charge in [-0.2, -0.15) is 0 Å². The monoisotopic (exact) mass is 466 g/mol. The molecule has 4 rings (SSSR count). The summed E-state index contributed by atoms with van der Waals surface area (Å²) in [7, 11) is 0. The third-order valence-corrected chi connectivity index (χ3v) is 6.27. The molecule has 1 aliphatic rings. The van der Waals surface area contributed by atoms with Crippen LogP contribution in [0.4, 0.5) is 5.69 Å². The highest BCUT2D eigenvalue weighted by Crippen LogP contribution is 2.23. The SMILES string of the molecule is N=C(/C=C(\[NH2+]c1ccc(Cl)c(Cl)c1)c1ccccc1)OCCN1CCc2ccccc2C1. The van der Waals surface area contributed by atoms with Crippen molar-refractivity contribution in [3.05, 3.63) is 106 Å².